The Bertz CT molecular complexity index is 1690. The van der Waals surface area contributed by atoms with Crippen molar-refractivity contribution >= 4 is 61.6 Å². The van der Waals surface area contributed by atoms with Crippen LogP contribution < -0.4 is 10.1 Å². The van der Waals surface area contributed by atoms with Gasteiger partial charge in [-0.25, -0.2) is 17.5 Å². The van der Waals surface area contributed by atoms with Gasteiger partial charge in [0.15, 0.2) is 5.58 Å². The molecule has 202 valence electrons. The van der Waals surface area contributed by atoms with Crippen LogP contribution in [0.1, 0.15) is 22.9 Å². The number of sulfonamides is 1. The highest BCUT2D eigenvalue weighted by Crippen LogP contribution is 2.40. The van der Waals surface area contributed by atoms with E-state index in [-0.39, 0.29) is 38.1 Å². The average Bonchev–Trinajstić information content (AvgIpc) is 3.21. The Hall–Kier alpha value is -2.81. The molecule has 0 saturated heterocycles. The largest absolute Gasteiger partial charge is 0.417 e. The number of ether oxygens (including phenoxy) is 1. The fourth-order valence-electron chi connectivity index (χ4n) is 3.65. The summed E-state index contributed by atoms with van der Waals surface area (Å²) in [7, 11) is -3.65. The second-order valence-electron chi connectivity index (χ2n) is 7.72. The maximum absolute atomic E-state index is 13.6. The maximum atomic E-state index is 13.6. The first kappa shape index (κ1) is 28.2. The molecule has 16 heteroatoms. The van der Waals surface area contributed by atoms with Crippen molar-refractivity contribution in [3.8, 4) is 0 Å². The van der Waals surface area contributed by atoms with Crippen LogP contribution in [-0.4, -0.2) is 37.3 Å². The van der Waals surface area contributed by atoms with E-state index in [1.807, 2.05) is 0 Å². The quantitative estimate of drug-likeness (QED) is 0.269. The van der Waals surface area contributed by atoms with Crippen LogP contribution in [0.2, 0.25) is 15.1 Å². The van der Waals surface area contributed by atoms with Crippen molar-refractivity contribution in [2.24, 2.45) is 0 Å². The van der Waals surface area contributed by atoms with E-state index in [4.69, 9.17) is 44.0 Å². The molecule has 1 atom stereocenters. The summed E-state index contributed by atoms with van der Waals surface area (Å²) in [6, 6.07) is 5.96. The Balaban J connectivity index is 1.92. The molecular weight excluding hydrogens is 598 g/mol. The Morgan fingerprint density at radius 2 is 1.84 bits per heavy atom. The number of aromatic amines is 1. The zero-order valence-corrected chi connectivity index (χ0v) is 22.0. The Morgan fingerprint density at radius 1 is 1.16 bits per heavy atom. The number of nitrogens with one attached hydrogen (secondary N) is 1. The lowest BCUT2D eigenvalue weighted by Crippen LogP contribution is -2.34. The van der Waals surface area contributed by atoms with Gasteiger partial charge in [-0.15, -0.1) is 0 Å². The molecule has 2 N–H and O–H groups in total. The average molecular weight is 613 g/mol. The first-order chi connectivity index (χ1) is 17.8. The van der Waals surface area contributed by atoms with E-state index in [1.165, 1.54) is 12.1 Å². The van der Waals surface area contributed by atoms with Crippen LogP contribution in [0.25, 0.3) is 11.1 Å². The van der Waals surface area contributed by atoms with Gasteiger partial charge >= 0.3 is 11.9 Å². The van der Waals surface area contributed by atoms with Crippen LogP contribution in [0, 0.1) is 0 Å². The number of anilines is 1. The van der Waals surface area contributed by atoms with Crippen LogP contribution in [0.5, 0.6) is 0 Å². The fourth-order valence-corrected chi connectivity index (χ4v) is 5.69. The molecule has 38 heavy (non-hydrogen) atoms. The number of benzene rings is 2. The summed E-state index contributed by atoms with van der Waals surface area (Å²) in [6.45, 7) is -0.717. The monoisotopic (exact) mass is 611 g/mol. The van der Waals surface area contributed by atoms with Crippen molar-refractivity contribution in [2.45, 2.75) is 17.2 Å². The topological polar surface area (TPSA) is 126 Å². The minimum Gasteiger partial charge on any atom is -0.407 e. The minimum absolute atomic E-state index is 0.0517. The van der Waals surface area contributed by atoms with E-state index in [9.17, 15) is 31.5 Å². The second-order valence-corrected chi connectivity index (χ2v) is 10.8. The third kappa shape index (κ3) is 5.22. The Morgan fingerprint density at radius 3 is 2.50 bits per heavy atom. The summed E-state index contributed by atoms with van der Waals surface area (Å²) < 4.78 is 78.2. The van der Waals surface area contributed by atoms with Crippen LogP contribution >= 0.6 is 34.8 Å². The van der Waals surface area contributed by atoms with Gasteiger partial charge < -0.3 is 14.3 Å². The number of aromatic nitrogens is 2. The summed E-state index contributed by atoms with van der Waals surface area (Å²) in [6.07, 6.45) is -5.63. The highest BCUT2D eigenvalue weighted by Gasteiger charge is 2.37. The van der Waals surface area contributed by atoms with Crippen molar-refractivity contribution in [2.75, 3.05) is 18.1 Å². The molecule has 0 spiro atoms. The number of hydrogen-bond donors (Lipinski definition) is 2. The predicted molar refractivity (Wildman–Crippen MR) is 133 cm³/mol. The second kappa shape index (κ2) is 10.4. The first-order valence-corrected chi connectivity index (χ1v) is 12.9. The molecular formula is C22H15Cl3F3N3O6S. The third-order valence-electron chi connectivity index (χ3n) is 5.32. The molecule has 0 fully saturated rings. The highest BCUT2D eigenvalue weighted by molar-refractivity contribution is 7.92. The van der Waals surface area contributed by atoms with E-state index in [0.29, 0.717) is 10.4 Å². The lowest BCUT2D eigenvalue weighted by Gasteiger charge is -2.27. The van der Waals surface area contributed by atoms with Gasteiger partial charge in [0.25, 0.3) is 10.0 Å². The van der Waals surface area contributed by atoms with E-state index >= 15 is 0 Å². The van der Waals surface area contributed by atoms with E-state index < -0.39 is 50.3 Å². The summed E-state index contributed by atoms with van der Waals surface area (Å²) in [5.41, 5.74) is -2.11. The number of halogens is 6. The van der Waals surface area contributed by atoms with E-state index in [1.54, 1.807) is 0 Å². The number of H-pyrrole nitrogens is 1. The molecule has 0 aliphatic carbocycles. The predicted octanol–water partition coefficient (Wildman–Crippen LogP) is 5.38. The van der Waals surface area contributed by atoms with Gasteiger partial charge in [0.05, 0.1) is 48.0 Å². The normalized spacial score (nSPS) is 13.2. The number of pyridine rings is 1. The lowest BCUT2D eigenvalue weighted by molar-refractivity contribution is -0.137. The van der Waals surface area contributed by atoms with Gasteiger partial charge in [-0.1, -0.05) is 34.8 Å². The molecule has 0 radical (unpaired) electrons. The first-order valence-electron chi connectivity index (χ1n) is 10.3. The van der Waals surface area contributed by atoms with Gasteiger partial charge in [-0.05, 0) is 36.4 Å². The molecule has 2 heterocycles. The maximum Gasteiger partial charge on any atom is 0.417 e. The molecule has 0 saturated carbocycles. The van der Waals surface area contributed by atoms with Crippen LogP contribution in [0.15, 0.2) is 56.7 Å². The fraction of sp³-hybridized carbons (Fsp3) is 0.182. The number of oxazole rings is 1. The molecule has 4 rings (SSSR count). The summed E-state index contributed by atoms with van der Waals surface area (Å²) in [5.74, 6) is -0.841. The van der Waals surface area contributed by atoms with Crippen molar-refractivity contribution in [1.29, 1.82) is 0 Å². The smallest absolute Gasteiger partial charge is 0.407 e. The third-order valence-corrected chi connectivity index (χ3v) is 7.91. The summed E-state index contributed by atoms with van der Waals surface area (Å²) >= 11 is 18.0. The number of methoxy groups -OCH3 is 1. The lowest BCUT2D eigenvalue weighted by atomic mass is 10.0. The number of fused-ring (bicyclic) bond motifs is 1. The van der Waals surface area contributed by atoms with Gasteiger partial charge in [0.2, 0.25) is 0 Å². The highest BCUT2D eigenvalue weighted by atomic mass is 35.5. The number of aliphatic hydroxyl groups is 1. The number of rotatable bonds is 7. The number of alkyl halides is 3. The molecule has 9 nitrogen and oxygen atoms in total. The molecule has 0 bridgehead atoms. The number of aliphatic hydroxyl groups excluding tert-OH is 1. The Kier molecular flexibility index (Phi) is 7.72. The summed E-state index contributed by atoms with van der Waals surface area (Å²) in [5, 5.41) is 10.5. The van der Waals surface area contributed by atoms with Crippen molar-refractivity contribution < 1.29 is 35.8 Å². The van der Waals surface area contributed by atoms with Crippen LogP contribution in [-0.2, 0) is 20.9 Å². The van der Waals surface area contributed by atoms with Crippen molar-refractivity contribution in [1.82, 2.24) is 9.97 Å². The molecule has 1 unspecified atom stereocenters. The van der Waals surface area contributed by atoms with Gasteiger partial charge in [-0.2, -0.15) is 13.2 Å². The van der Waals surface area contributed by atoms with Gasteiger partial charge in [0.1, 0.15) is 12.8 Å². The SMILES string of the molecule is COCN(c1cc(Cl)cnc1C(O)c1c(Cl)ccc2[nH]c(=O)oc12)S(=O)(=O)c1ccc(Cl)c(C(F)(F)F)c1. The minimum atomic E-state index is -4.94. The molecule has 0 aliphatic rings. The number of nitrogens with zero attached hydrogens (tertiary/aromatic N) is 2. The molecule has 0 amide bonds. The zero-order valence-electron chi connectivity index (χ0n) is 18.9. The molecule has 4 aromatic rings. The molecule has 0 aliphatic heterocycles. The van der Waals surface area contributed by atoms with Gasteiger partial charge in [-0.3, -0.25) is 9.97 Å². The van der Waals surface area contributed by atoms with Crippen LogP contribution in [0.3, 0.4) is 0 Å². The standard InChI is InChI=1S/C22H15Cl3F3N3O6S/c1-36-9-31(38(34,35)11-2-3-13(24)12(7-11)22(26,27)28)16-6-10(23)8-29-18(16)19(32)17-14(25)4-5-15-20(17)37-21(33)30-15/h2-8,19,32H,9H2,1H3,(H,30,33). The molecule has 2 aromatic heterocycles. The van der Waals surface area contributed by atoms with Crippen LogP contribution in [0.4, 0.5) is 18.9 Å². The Labute approximate surface area is 227 Å². The number of hydrogen-bond acceptors (Lipinski definition) is 7. The molecule has 2 aromatic carbocycles. The zero-order chi connectivity index (χ0) is 28.0. The van der Waals surface area contributed by atoms with Crippen molar-refractivity contribution in [3.63, 3.8) is 0 Å². The van der Waals surface area contributed by atoms with Crippen molar-refractivity contribution in [3.05, 3.63) is 85.0 Å². The van der Waals surface area contributed by atoms with E-state index in [2.05, 4.69) is 9.97 Å². The summed E-state index contributed by atoms with van der Waals surface area (Å²) in [4.78, 5) is 17.4. The van der Waals surface area contributed by atoms with E-state index in [0.717, 1.165) is 31.5 Å². The van der Waals surface area contributed by atoms with Gasteiger partial charge in [0, 0.05) is 13.3 Å².